The largest absolute Gasteiger partial charge is 0.495 e. The van der Waals surface area contributed by atoms with Crippen LogP contribution in [0.1, 0.15) is 0 Å². The predicted octanol–water partition coefficient (Wildman–Crippen LogP) is 0.784. The number of hydrazine groups is 1. The van der Waals surface area contributed by atoms with Crippen molar-refractivity contribution < 1.29 is 14.6 Å². The Kier molecular flexibility index (Phi) is 4.20. The first kappa shape index (κ1) is 11.6. The van der Waals surface area contributed by atoms with Crippen LogP contribution in [0.2, 0.25) is 5.02 Å². The second-order valence-corrected chi connectivity index (χ2v) is 3.11. The van der Waals surface area contributed by atoms with Crippen LogP contribution in [0, 0.1) is 0 Å². The highest BCUT2D eigenvalue weighted by Gasteiger charge is 2.04. The summed E-state index contributed by atoms with van der Waals surface area (Å²) in [7, 11) is 1.50. The molecule has 0 aliphatic carbocycles. The highest BCUT2D eigenvalue weighted by atomic mass is 35.5. The maximum absolute atomic E-state index is 10.8. The SMILES string of the molecule is COc1ccc(Cl)cc1NNC(=O)CO. The van der Waals surface area contributed by atoms with Crippen LogP contribution in [0.3, 0.4) is 0 Å². The first-order valence-electron chi connectivity index (χ1n) is 4.16. The molecule has 0 heterocycles. The number of carbonyl (C=O) groups is 1. The Bertz CT molecular complexity index is 357. The number of aliphatic hydroxyl groups is 1. The zero-order valence-electron chi connectivity index (χ0n) is 8.08. The highest BCUT2D eigenvalue weighted by molar-refractivity contribution is 6.30. The van der Waals surface area contributed by atoms with Gasteiger partial charge >= 0.3 is 0 Å². The fourth-order valence-corrected chi connectivity index (χ4v) is 1.13. The lowest BCUT2D eigenvalue weighted by atomic mass is 10.3. The lowest BCUT2D eigenvalue weighted by Crippen LogP contribution is -2.31. The molecule has 82 valence electrons. The van der Waals surface area contributed by atoms with Gasteiger partial charge in [0.2, 0.25) is 0 Å². The normalized spacial score (nSPS) is 9.53. The minimum absolute atomic E-state index is 0.511. The van der Waals surface area contributed by atoms with Gasteiger partial charge in [-0.2, -0.15) is 0 Å². The van der Waals surface area contributed by atoms with E-state index in [-0.39, 0.29) is 0 Å². The van der Waals surface area contributed by atoms with Gasteiger partial charge in [0.05, 0.1) is 12.8 Å². The number of hydrogen-bond acceptors (Lipinski definition) is 4. The number of halogens is 1. The molecule has 3 N–H and O–H groups in total. The molecule has 0 atom stereocenters. The van der Waals surface area contributed by atoms with Gasteiger partial charge in [0, 0.05) is 5.02 Å². The van der Waals surface area contributed by atoms with Gasteiger partial charge < -0.3 is 9.84 Å². The molecule has 0 saturated heterocycles. The van der Waals surface area contributed by atoms with Gasteiger partial charge in [0.1, 0.15) is 12.4 Å². The Morgan fingerprint density at radius 2 is 2.33 bits per heavy atom. The quantitative estimate of drug-likeness (QED) is 0.669. The fourth-order valence-electron chi connectivity index (χ4n) is 0.954. The first-order valence-corrected chi connectivity index (χ1v) is 4.54. The maximum atomic E-state index is 10.8. The summed E-state index contributed by atoms with van der Waals surface area (Å²) in [5.41, 5.74) is 5.38. The van der Waals surface area contributed by atoms with Crippen molar-refractivity contribution in [1.29, 1.82) is 0 Å². The van der Waals surface area contributed by atoms with E-state index in [1.54, 1.807) is 18.2 Å². The van der Waals surface area contributed by atoms with Crippen molar-refractivity contribution in [3.63, 3.8) is 0 Å². The minimum Gasteiger partial charge on any atom is -0.495 e. The Morgan fingerprint density at radius 3 is 2.93 bits per heavy atom. The van der Waals surface area contributed by atoms with Crippen LogP contribution in [0.4, 0.5) is 5.69 Å². The maximum Gasteiger partial charge on any atom is 0.263 e. The molecular formula is C9H11ClN2O3. The van der Waals surface area contributed by atoms with Crippen LogP contribution in [0.15, 0.2) is 18.2 Å². The number of rotatable bonds is 4. The topological polar surface area (TPSA) is 70.6 Å². The molecule has 1 amide bonds. The molecule has 1 aromatic carbocycles. The Hall–Kier alpha value is -1.46. The van der Waals surface area contributed by atoms with Gasteiger partial charge in [0.25, 0.3) is 5.91 Å². The smallest absolute Gasteiger partial charge is 0.263 e. The lowest BCUT2D eigenvalue weighted by molar-refractivity contribution is -0.123. The summed E-state index contributed by atoms with van der Waals surface area (Å²) in [6.07, 6.45) is 0. The number of amides is 1. The van der Waals surface area contributed by atoms with Crippen LogP contribution < -0.4 is 15.6 Å². The predicted molar refractivity (Wildman–Crippen MR) is 56.9 cm³/mol. The number of aliphatic hydroxyl groups excluding tert-OH is 1. The molecule has 0 fully saturated rings. The van der Waals surface area contributed by atoms with E-state index >= 15 is 0 Å². The van der Waals surface area contributed by atoms with Crippen molar-refractivity contribution >= 4 is 23.2 Å². The van der Waals surface area contributed by atoms with Gasteiger partial charge in [-0.1, -0.05) is 11.6 Å². The second-order valence-electron chi connectivity index (χ2n) is 2.68. The van der Waals surface area contributed by atoms with Gasteiger partial charge in [-0.3, -0.25) is 15.6 Å². The summed E-state index contributed by atoms with van der Waals surface area (Å²) in [5, 5.41) is 9.00. The van der Waals surface area contributed by atoms with Gasteiger partial charge in [-0.25, -0.2) is 0 Å². The summed E-state index contributed by atoms with van der Waals surface area (Å²) in [6.45, 7) is -0.587. The van der Waals surface area contributed by atoms with Gasteiger partial charge in [0.15, 0.2) is 0 Å². The molecule has 0 aromatic heterocycles. The lowest BCUT2D eigenvalue weighted by Gasteiger charge is -2.11. The summed E-state index contributed by atoms with van der Waals surface area (Å²) >= 11 is 5.77. The summed E-state index contributed by atoms with van der Waals surface area (Å²) in [6, 6.07) is 4.92. The Labute approximate surface area is 92.0 Å². The molecule has 6 heteroatoms. The van der Waals surface area contributed by atoms with Crippen LogP contribution in [-0.4, -0.2) is 24.7 Å². The molecule has 0 bridgehead atoms. The van der Waals surface area contributed by atoms with Crippen LogP contribution in [-0.2, 0) is 4.79 Å². The van der Waals surface area contributed by atoms with Crippen LogP contribution in [0.5, 0.6) is 5.75 Å². The fraction of sp³-hybridized carbons (Fsp3) is 0.222. The third-order valence-corrected chi connectivity index (χ3v) is 1.88. The highest BCUT2D eigenvalue weighted by Crippen LogP contribution is 2.26. The van der Waals surface area contributed by atoms with Crippen LogP contribution in [0.25, 0.3) is 0 Å². The van der Waals surface area contributed by atoms with E-state index < -0.39 is 12.5 Å². The standard InChI is InChI=1S/C9H11ClN2O3/c1-15-8-3-2-6(10)4-7(8)11-12-9(14)5-13/h2-4,11,13H,5H2,1H3,(H,12,14). The molecule has 5 nitrogen and oxygen atoms in total. The van der Waals surface area contributed by atoms with Gasteiger partial charge in [-0.15, -0.1) is 0 Å². The van der Waals surface area contributed by atoms with E-state index in [1.807, 2.05) is 0 Å². The van der Waals surface area contributed by atoms with Crippen molar-refractivity contribution in [2.75, 3.05) is 19.1 Å². The number of ether oxygens (including phenoxy) is 1. The Morgan fingerprint density at radius 1 is 1.60 bits per heavy atom. The molecule has 0 aliphatic heterocycles. The zero-order chi connectivity index (χ0) is 11.3. The van der Waals surface area contributed by atoms with Gasteiger partial charge in [-0.05, 0) is 18.2 Å². The molecule has 0 radical (unpaired) electrons. The average Bonchev–Trinajstić information content (AvgIpc) is 2.26. The third-order valence-electron chi connectivity index (χ3n) is 1.64. The number of nitrogens with one attached hydrogen (secondary N) is 2. The second kappa shape index (κ2) is 5.43. The monoisotopic (exact) mass is 230 g/mol. The zero-order valence-corrected chi connectivity index (χ0v) is 8.84. The Balaban J connectivity index is 2.74. The molecule has 0 aliphatic rings. The number of carbonyl (C=O) groups excluding carboxylic acids is 1. The third kappa shape index (κ3) is 3.30. The van der Waals surface area contributed by atoms with E-state index in [0.29, 0.717) is 16.5 Å². The van der Waals surface area contributed by atoms with E-state index in [2.05, 4.69) is 10.9 Å². The van der Waals surface area contributed by atoms with Crippen molar-refractivity contribution in [2.24, 2.45) is 0 Å². The van der Waals surface area contributed by atoms with Crippen molar-refractivity contribution in [3.8, 4) is 5.75 Å². The van der Waals surface area contributed by atoms with Crippen molar-refractivity contribution in [3.05, 3.63) is 23.2 Å². The molecule has 15 heavy (non-hydrogen) atoms. The summed E-state index contributed by atoms with van der Waals surface area (Å²) < 4.78 is 5.03. The van der Waals surface area contributed by atoms with Crippen molar-refractivity contribution in [1.82, 2.24) is 5.43 Å². The summed E-state index contributed by atoms with van der Waals surface area (Å²) in [4.78, 5) is 10.8. The van der Waals surface area contributed by atoms with E-state index in [1.165, 1.54) is 7.11 Å². The number of hydrogen-bond donors (Lipinski definition) is 3. The number of methoxy groups -OCH3 is 1. The molecule has 0 saturated carbocycles. The van der Waals surface area contributed by atoms with E-state index in [9.17, 15) is 4.79 Å². The summed E-state index contributed by atoms with van der Waals surface area (Å²) in [5.74, 6) is -0.00494. The minimum atomic E-state index is -0.587. The van der Waals surface area contributed by atoms with E-state index in [0.717, 1.165) is 0 Å². The molecule has 0 spiro atoms. The van der Waals surface area contributed by atoms with Crippen LogP contribution >= 0.6 is 11.6 Å². The molecule has 1 aromatic rings. The molecule has 0 unspecified atom stereocenters. The average molecular weight is 231 g/mol. The van der Waals surface area contributed by atoms with E-state index in [4.69, 9.17) is 21.4 Å². The number of anilines is 1. The number of benzene rings is 1. The first-order chi connectivity index (χ1) is 7.17. The molecular weight excluding hydrogens is 220 g/mol. The molecule has 1 rings (SSSR count). The van der Waals surface area contributed by atoms with Crippen molar-refractivity contribution in [2.45, 2.75) is 0 Å².